The van der Waals surface area contributed by atoms with Crippen LogP contribution >= 0.6 is 0 Å². The van der Waals surface area contributed by atoms with Crippen molar-refractivity contribution in [3.05, 3.63) is 86.8 Å². The van der Waals surface area contributed by atoms with Gasteiger partial charge in [-0.1, -0.05) is 24.3 Å². The molecule has 0 aliphatic carbocycles. The number of rotatable bonds is 6. The van der Waals surface area contributed by atoms with E-state index in [0.29, 0.717) is 29.1 Å². The van der Waals surface area contributed by atoms with Crippen molar-refractivity contribution < 1.29 is 14.3 Å². The first-order valence-corrected chi connectivity index (χ1v) is 10.4. The second-order valence-electron chi connectivity index (χ2n) is 7.79. The largest absolute Gasteiger partial charge is 0.495 e. The molecule has 0 aliphatic heterocycles. The summed E-state index contributed by atoms with van der Waals surface area (Å²) >= 11 is 0. The molecule has 0 amide bonds. The molecule has 0 radical (unpaired) electrons. The van der Waals surface area contributed by atoms with Gasteiger partial charge < -0.3 is 14.0 Å². The van der Waals surface area contributed by atoms with Gasteiger partial charge in [-0.2, -0.15) is 0 Å². The number of imidazole rings is 1. The predicted molar refractivity (Wildman–Crippen MR) is 123 cm³/mol. The molecular formula is C24H24N4O5. The highest BCUT2D eigenvalue weighted by Crippen LogP contribution is 2.24. The second kappa shape index (κ2) is 8.78. The molecule has 0 fully saturated rings. The van der Waals surface area contributed by atoms with Crippen molar-refractivity contribution >= 4 is 17.1 Å². The summed E-state index contributed by atoms with van der Waals surface area (Å²) in [6.07, 6.45) is 1.54. The van der Waals surface area contributed by atoms with Crippen LogP contribution < -0.4 is 16.0 Å². The van der Waals surface area contributed by atoms with Gasteiger partial charge in [0.25, 0.3) is 5.56 Å². The Morgan fingerprint density at radius 1 is 1.03 bits per heavy atom. The van der Waals surface area contributed by atoms with Gasteiger partial charge in [0, 0.05) is 12.6 Å². The molecule has 0 bridgehead atoms. The lowest BCUT2D eigenvalue weighted by Crippen LogP contribution is -2.41. The van der Waals surface area contributed by atoms with Crippen molar-refractivity contribution in [3.63, 3.8) is 0 Å². The summed E-state index contributed by atoms with van der Waals surface area (Å²) in [4.78, 5) is 42.9. The first-order valence-electron chi connectivity index (χ1n) is 10.4. The van der Waals surface area contributed by atoms with E-state index in [1.165, 1.54) is 29.7 Å². The van der Waals surface area contributed by atoms with E-state index < -0.39 is 17.2 Å². The van der Waals surface area contributed by atoms with E-state index in [9.17, 15) is 14.4 Å². The van der Waals surface area contributed by atoms with Crippen LogP contribution in [0.4, 0.5) is 0 Å². The van der Waals surface area contributed by atoms with Crippen LogP contribution in [-0.2, 0) is 11.3 Å². The summed E-state index contributed by atoms with van der Waals surface area (Å²) in [6, 6.07) is 13.6. The molecule has 4 rings (SSSR count). The quantitative estimate of drug-likeness (QED) is 0.421. The van der Waals surface area contributed by atoms with Gasteiger partial charge in [-0.15, -0.1) is 0 Å². The van der Waals surface area contributed by atoms with Gasteiger partial charge in [0.15, 0.2) is 11.2 Å². The normalized spacial score (nSPS) is 11.2. The lowest BCUT2D eigenvalue weighted by molar-refractivity contribution is 0.0600. The van der Waals surface area contributed by atoms with Crippen molar-refractivity contribution in [1.82, 2.24) is 18.7 Å². The number of nitrogens with zero attached hydrogens (tertiary/aromatic N) is 4. The van der Waals surface area contributed by atoms with E-state index in [-0.39, 0.29) is 11.7 Å². The maximum atomic E-state index is 13.4. The summed E-state index contributed by atoms with van der Waals surface area (Å²) in [5, 5.41) is 0. The van der Waals surface area contributed by atoms with Crippen LogP contribution in [0.1, 0.15) is 35.8 Å². The molecule has 170 valence electrons. The molecule has 2 aromatic heterocycles. The third-order valence-electron chi connectivity index (χ3n) is 5.42. The summed E-state index contributed by atoms with van der Waals surface area (Å²) in [6.45, 7) is 3.90. The molecule has 9 heteroatoms. The Hall–Kier alpha value is -4.14. The number of carbonyl (C=O) groups is 1. The van der Waals surface area contributed by atoms with Crippen LogP contribution in [-0.4, -0.2) is 38.9 Å². The molecule has 0 atom stereocenters. The first-order chi connectivity index (χ1) is 15.9. The van der Waals surface area contributed by atoms with Gasteiger partial charge in [0.1, 0.15) is 5.75 Å². The Morgan fingerprint density at radius 2 is 1.73 bits per heavy atom. The lowest BCUT2D eigenvalue weighted by atomic mass is 10.1. The molecule has 0 spiro atoms. The van der Waals surface area contributed by atoms with Gasteiger partial charge in [0.05, 0.1) is 31.8 Å². The number of fused-ring (bicyclic) bond motifs is 1. The zero-order chi connectivity index (χ0) is 23.7. The van der Waals surface area contributed by atoms with Crippen molar-refractivity contribution in [2.45, 2.75) is 26.4 Å². The lowest BCUT2D eigenvalue weighted by Gasteiger charge is -2.16. The van der Waals surface area contributed by atoms with E-state index >= 15 is 0 Å². The van der Waals surface area contributed by atoms with Crippen LogP contribution in [0.5, 0.6) is 5.75 Å². The average Bonchev–Trinajstić information content (AvgIpc) is 3.22. The number of esters is 1. The Bertz CT molecular complexity index is 1440. The Kier molecular flexibility index (Phi) is 5.87. The summed E-state index contributed by atoms with van der Waals surface area (Å²) in [5.41, 5.74) is 1.43. The highest BCUT2D eigenvalue weighted by atomic mass is 16.5. The SMILES string of the molecule is COC(=O)c1ccc(Cn2cnc3c2c(=O)n(C(C)C)c(=O)n3-c2ccccc2OC)cc1. The fourth-order valence-corrected chi connectivity index (χ4v) is 3.82. The summed E-state index contributed by atoms with van der Waals surface area (Å²) in [5.74, 6) is 0.0677. The number of hydrogen-bond donors (Lipinski definition) is 0. The zero-order valence-corrected chi connectivity index (χ0v) is 18.8. The van der Waals surface area contributed by atoms with E-state index in [4.69, 9.17) is 9.47 Å². The van der Waals surface area contributed by atoms with Crippen LogP contribution in [0.2, 0.25) is 0 Å². The van der Waals surface area contributed by atoms with E-state index in [1.807, 2.05) is 0 Å². The van der Waals surface area contributed by atoms with Crippen molar-refractivity contribution in [2.24, 2.45) is 0 Å². The Balaban J connectivity index is 1.93. The van der Waals surface area contributed by atoms with Crippen molar-refractivity contribution in [1.29, 1.82) is 0 Å². The third kappa shape index (κ3) is 3.82. The average molecular weight is 448 g/mol. The number of aromatic nitrogens is 4. The number of hydrogen-bond acceptors (Lipinski definition) is 6. The standard InChI is InChI=1S/C24H24N4O5/c1-15(2)27-22(29)20-21(28(24(27)31)18-7-5-6-8-19(18)32-3)25-14-26(20)13-16-9-11-17(12-10-16)23(30)33-4/h5-12,14-15H,13H2,1-4H3. The minimum atomic E-state index is -0.486. The molecule has 0 unspecified atom stereocenters. The van der Waals surface area contributed by atoms with E-state index in [0.717, 1.165) is 5.56 Å². The topological polar surface area (TPSA) is 97.4 Å². The zero-order valence-electron chi connectivity index (χ0n) is 18.8. The van der Waals surface area contributed by atoms with Gasteiger partial charge in [-0.3, -0.25) is 9.36 Å². The smallest absolute Gasteiger partial charge is 0.337 e. The fourth-order valence-electron chi connectivity index (χ4n) is 3.82. The predicted octanol–water partition coefficient (Wildman–Crippen LogP) is 2.77. The molecule has 0 saturated carbocycles. The fraction of sp³-hybridized carbons (Fsp3) is 0.250. The maximum Gasteiger partial charge on any atom is 0.337 e. The Morgan fingerprint density at radius 3 is 2.36 bits per heavy atom. The highest BCUT2D eigenvalue weighted by Gasteiger charge is 2.22. The van der Waals surface area contributed by atoms with Crippen LogP contribution in [0.3, 0.4) is 0 Å². The molecule has 0 saturated heterocycles. The number of methoxy groups -OCH3 is 2. The van der Waals surface area contributed by atoms with E-state index in [1.54, 1.807) is 66.9 Å². The molecular weight excluding hydrogens is 424 g/mol. The molecule has 0 aliphatic rings. The Labute approximate surface area is 189 Å². The highest BCUT2D eigenvalue weighted by molar-refractivity contribution is 5.89. The van der Waals surface area contributed by atoms with Crippen LogP contribution in [0.25, 0.3) is 16.9 Å². The molecule has 2 aromatic carbocycles. The second-order valence-corrected chi connectivity index (χ2v) is 7.79. The number of carbonyl (C=O) groups excluding carboxylic acids is 1. The number of ether oxygens (including phenoxy) is 2. The first kappa shape index (κ1) is 22.1. The third-order valence-corrected chi connectivity index (χ3v) is 5.42. The van der Waals surface area contributed by atoms with Crippen molar-refractivity contribution in [3.8, 4) is 11.4 Å². The minimum Gasteiger partial charge on any atom is -0.495 e. The maximum absolute atomic E-state index is 13.4. The molecule has 0 N–H and O–H groups in total. The van der Waals surface area contributed by atoms with Crippen LogP contribution in [0, 0.1) is 0 Å². The van der Waals surface area contributed by atoms with Gasteiger partial charge in [-0.05, 0) is 43.7 Å². The minimum absolute atomic E-state index is 0.248. The van der Waals surface area contributed by atoms with Gasteiger partial charge in [0.2, 0.25) is 0 Å². The molecule has 9 nitrogen and oxygen atoms in total. The summed E-state index contributed by atoms with van der Waals surface area (Å²) < 4.78 is 14.5. The molecule has 4 aromatic rings. The number of benzene rings is 2. The van der Waals surface area contributed by atoms with E-state index in [2.05, 4.69) is 4.98 Å². The van der Waals surface area contributed by atoms with Gasteiger partial charge in [-0.25, -0.2) is 19.1 Å². The van der Waals surface area contributed by atoms with Crippen LogP contribution in [0.15, 0.2) is 64.4 Å². The van der Waals surface area contributed by atoms with Gasteiger partial charge >= 0.3 is 11.7 Å². The number of para-hydroxylation sites is 2. The van der Waals surface area contributed by atoms with Crippen molar-refractivity contribution in [2.75, 3.05) is 14.2 Å². The molecule has 2 heterocycles. The molecule has 33 heavy (non-hydrogen) atoms. The monoisotopic (exact) mass is 448 g/mol. The summed E-state index contributed by atoms with van der Waals surface area (Å²) in [7, 11) is 2.85.